The van der Waals surface area contributed by atoms with Crippen LogP contribution in [0.25, 0.3) is 5.57 Å². The van der Waals surface area contributed by atoms with Gasteiger partial charge in [0, 0.05) is 16.6 Å². The lowest BCUT2D eigenvalue weighted by Crippen LogP contribution is -2.32. The van der Waals surface area contributed by atoms with Crippen LogP contribution in [0.1, 0.15) is 38.7 Å². The SMILES string of the molecule is COc1cc2c(cc1OC)C1=C(C3=CCC(=O)[C@]3(C)CC1)[C@H](C)S2. The van der Waals surface area contributed by atoms with Crippen LogP contribution in [0.3, 0.4) is 0 Å². The summed E-state index contributed by atoms with van der Waals surface area (Å²) in [5.74, 6) is 1.92. The molecule has 1 aliphatic heterocycles. The number of fused-ring (bicyclic) bond motifs is 4. The van der Waals surface area contributed by atoms with E-state index in [1.54, 1.807) is 14.2 Å². The number of thioether (sulfide) groups is 1. The first-order chi connectivity index (χ1) is 11.5. The number of ether oxygens (including phenoxy) is 2. The number of rotatable bonds is 2. The van der Waals surface area contributed by atoms with E-state index >= 15 is 0 Å². The Morgan fingerprint density at radius 2 is 1.92 bits per heavy atom. The summed E-state index contributed by atoms with van der Waals surface area (Å²) in [5.41, 5.74) is 5.00. The standard InChI is InChI=1S/C20H22O3S/c1-11-19-12(7-8-20(2)14(19)5-6-18(20)21)13-9-15(22-3)16(23-4)10-17(13)24-11/h5,9-11H,6-8H2,1-4H3/t11-,20+/m0/s1. The van der Waals surface area contributed by atoms with Crippen LogP contribution in [-0.4, -0.2) is 25.3 Å². The van der Waals surface area contributed by atoms with Gasteiger partial charge in [0.2, 0.25) is 0 Å². The van der Waals surface area contributed by atoms with Crippen molar-refractivity contribution in [2.45, 2.75) is 43.3 Å². The Morgan fingerprint density at radius 1 is 1.21 bits per heavy atom. The third-order valence-corrected chi connectivity index (χ3v) is 6.89. The van der Waals surface area contributed by atoms with E-state index in [2.05, 4.69) is 32.1 Å². The molecule has 1 aromatic carbocycles. The molecule has 0 saturated heterocycles. The Kier molecular flexibility index (Phi) is 3.57. The normalized spacial score (nSPS) is 28.1. The van der Waals surface area contributed by atoms with Gasteiger partial charge in [-0.05, 0) is 61.1 Å². The minimum absolute atomic E-state index is 0.276. The molecule has 0 saturated carbocycles. The van der Waals surface area contributed by atoms with E-state index < -0.39 is 0 Å². The lowest BCUT2D eigenvalue weighted by atomic mass is 9.67. The molecule has 1 heterocycles. The summed E-state index contributed by atoms with van der Waals surface area (Å²) in [5, 5.41) is 0.349. The summed E-state index contributed by atoms with van der Waals surface area (Å²) in [7, 11) is 3.35. The van der Waals surface area contributed by atoms with Crippen molar-refractivity contribution in [2.24, 2.45) is 5.41 Å². The van der Waals surface area contributed by atoms with Crippen molar-refractivity contribution in [3.63, 3.8) is 0 Å². The monoisotopic (exact) mass is 342 g/mol. The lowest BCUT2D eigenvalue weighted by Gasteiger charge is -2.40. The van der Waals surface area contributed by atoms with Gasteiger partial charge in [0.05, 0.1) is 19.6 Å². The Labute approximate surface area is 147 Å². The third kappa shape index (κ3) is 2.02. The molecule has 0 amide bonds. The van der Waals surface area contributed by atoms with Gasteiger partial charge in [-0.3, -0.25) is 4.79 Å². The van der Waals surface area contributed by atoms with Crippen molar-refractivity contribution >= 4 is 23.1 Å². The predicted octanol–water partition coefficient (Wildman–Crippen LogP) is 4.65. The van der Waals surface area contributed by atoms with E-state index in [-0.39, 0.29) is 5.41 Å². The summed E-state index contributed by atoms with van der Waals surface area (Å²) in [6.07, 6.45) is 4.60. The van der Waals surface area contributed by atoms with Crippen molar-refractivity contribution in [1.82, 2.24) is 0 Å². The summed E-state index contributed by atoms with van der Waals surface area (Å²) >= 11 is 1.85. The Morgan fingerprint density at radius 3 is 2.62 bits per heavy atom. The Hall–Kier alpha value is -1.68. The van der Waals surface area contributed by atoms with Crippen molar-refractivity contribution in [1.29, 1.82) is 0 Å². The molecule has 3 aliphatic rings. The number of ketones is 1. The van der Waals surface area contributed by atoms with E-state index in [0.29, 0.717) is 17.5 Å². The fraction of sp³-hybridized carbons (Fsp3) is 0.450. The first kappa shape index (κ1) is 15.8. The van der Waals surface area contributed by atoms with Gasteiger partial charge in [-0.2, -0.15) is 0 Å². The molecule has 3 nitrogen and oxygen atoms in total. The number of carbonyl (C=O) groups excluding carboxylic acids is 1. The van der Waals surface area contributed by atoms with Crippen LogP contribution in [0, 0.1) is 5.41 Å². The number of Topliss-reactive ketones (excluding diaryl/α,β-unsaturated/α-hetero) is 1. The van der Waals surface area contributed by atoms with Crippen molar-refractivity contribution in [2.75, 3.05) is 14.2 Å². The smallest absolute Gasteiger partial charge is 0.161 e. The fourth-order valence-electron chi connectivity index (χ4n) is 4.34. The molecule has 24 heavy (non-hydrogen) atoms. The minimum atomic E-state index is -0.276. The van der Waals surface area contributed by atoms with Crippen LogP contribution in [0.5, 0.6) is 11.5 Å². The zero-order valence-corrected chi connectivity index (χ0v) is 15.4. The molecule has 0 aromatic heterocycles. The molecular weight excluding hydrogens is 320 g/mol. The minimum Gasteiger partial charge on any atom is -0.493 e. The molecule has 4 heteroatoms. The van der Waals surface area contributed by atoms with Gasteiger partial charge < -0.3 is 9.47 Å². The van der Waals surface area contributed by atoms with Gasteiger partial charge in [-0.15, -0.1) is 11.8 Å². The Balaban J connectivity index is 1.91. The molecule has 126 valence electrons. The second kappa shape index (κ2) is 5.41. The first-order valence-corrected chi connectivity index (χ1v) is 9.28. The second-order valence-corrected chi connectivity index (χ2v) is 8.32. The topological polar surface area (TPSA) is 35.5 Å². The molecule has 0 radical (unpaired) electrons. The number of hydrogen-bond acceptors (Lipinski definition) is 4. The average molecular weight is 342 g/mol. The highest BCUT2D eigenvalue weighted by atomic mass is 32.2. The van der Waals surface area contributed by atoms with Gasteiger partial charge in [0.15, 0.2) is 11.5 Å². The van der Waals surface area contributed by atoms with Crippen LogP contribution in [-0.2, 0) is 4.79 Å². The van der Waals surface area contributed by atoms with Gasteiger partial charge in [-0.1, -0.05) is 6.08 Å². The van der Waals surface area contributed by atoms with E-state index in [1.807, 2.05) is 11.8 Å². The quantitative estimate of drug-likeness (QED) is 0.784. The number of methoxy groups -OCH3 is 2. The maximum atomic E-state index is 12.4. The summed E-state index contributed by atoms with van der Waals surface area (Å²) < 4.78 is 11.0. The number of carbonyl (C=O) groups is 1. The summed E-state index contributed by atoms with van der Waals surface area (Å²) in [4.78, 5) is 13.7. The lowest BCUT2D eigenvalue weighted by molar-refractivity contribution is -0.124. The molecule has 0 unspecified atom stereocenters. The van der Waals surface area contributed by atoms with Crippen molar-refractivity contribution < 1.29 is 14.3 Å². The van der Waals surface area contributed by atoms with E-state index in [0.717, 1.165) is 24.3 Å². The zero-order valence-electron chi connectivity index (χ0n) is 14.6. The molecular formula is C20H22O3S. The molecule has 0 bridgehead atoms. The predicted molar refractivity (Wildman–Crippen MR) is 96.8 cm³/mol. The van der Waals surface area contributed by atoms with Crippen molar-refractivity contribution in [3.05, 3.63) is 34.9 Å². The fourth-order valence-corrected chi connectivity index (χ4v) is 5.59. The van der Waals surface area contributed by atoms with Gasteiger partial charge in [-0.25, -0.2) is 0 Å². The largest absolute Gasteiger partial charge is 0.493 e. The zero-order chi connectivity index (χ0) is 17.1. The van der Waals surface area contributed by atoms with Crippen LogP contribution in [0.15, 0.2) is 34.3 Å². The maximum absolute atomic E-state index is 12.4. The molecule has 0 fully saturated rings. The molecule has 0 N–H and O–H groups in total. The van der Waals surface area contributed by atoms with Crippen LogP contribution < -0.4 is 9.47 Å². The van der Waals surface area contributed by atoms with Gasteiger partial charge in [0.25, 0.3) is 0 Å². The number of hydrogen-bond donors (Lipinski definition) is 0. The van der Waals surface area contributed by atoms with Crippen LogP contribution in [0.2, 0.25) is 0 Å². The highest BCUT2D eigenvalue weighted by Crippen LogP contribution is 2.57. The summed E-state index contributed by atoms with van der Waals surface area (Å²) in [6, 6.07) is 4.18. The molecule has 1 aromatic rings. The molecule has 2 atom stereocenters. The van der Waals surface area contributed by atoms with Crippen LogP contribution in [0.4, 0.5) is 0 Å². The molecule has 2 aliphatic carbocycles. The van der Waals surface area contributed by atoms with Gasteiger partial charge in [0.1, 0.15) is 5.78 Å². The third-order valence-electron chi connectivity index (χ3n) is 5.71. The number of benzene rings is 1. The van der Waals surface area contributed by atoms with E-state index in [9.17, 15) is 4.79 Å². The Bertz CT molecular complexity index is 805. The first-order valence-electron chi connectivity index (χ1n) is 8.40. The molecule has 4 rings (SSSR count). The maximum Gasteiger partial charge on any atom is 0.161 e. The van der Waals surface area contributed by atoms with E-state index in [1.165, 1.54) is 27.2 Å². The van der Waals surface area contributed by atoms with Gasteiger partial charge >= 0.3 is 0 Å². The highest BCUT2D eigenvalue weighted by Gasteiger charge is 2.47. The summed E-state index contributed by atoms with van der Waals surface area (Å²) in [6.45, 7) is 4.37. The average Bonchev–Trinajstić information content (AvgIpc) is 2.88. The number of allylic oxidation sites excluding steroid dienone is 3. The van der Waals surface area contributed by atoms with E-state index in [4.69, 9.17) is 9.47 Å². The van der Waals surface area contributed by atoms with Crippen LogP contribution >= 0.6 is 11.8 Å². The molecule has 0 spiro atoms. The highest BCUT2D eigenvalue weighted by molar-refractivity contribution is 8.00. The second-order valence-electron chi connectivity index (χ2n) is 6.93. The van der Waals surface area contributed by atoms with Crippen molar-refractivity contribution in [3.8, 4) is 11.5 Å².